The Morgan fingerprint density at radius 1 is 1.27 bits per heavy atom. The van der Waals surface area contributed by atoms with Gasteiger partial charge in [0.2, 0.25) is 0 Å². The van der Waals surface area contributed by atoms with Crippen molar-refractivity contribution in [3.05, 3.63) is 4.91 Å². The Bertz CT molecular complexity index is 117. The number of hydrogen-bond donors (Lipinski definition) is 1. The summed E-state index contributed by atoms with van der Waals surface area (Å²) in [4.78, 5) is 9.83. The van der Waals surface area contributed by atoms with Crippen molar-refractivity contribution in [3.63, 3.8) is 0 Å². The van der Waals surface area contributed by atoms with E-state index in [1.54, 1.807) is 0 Å². The van der Waals surface area contributed by atoms with Crippen molar-refractivity contribution in [2.24, 2.45) is 5.29 Å². The van der Waals surface area contributed by atoms with Gasteiger partial charge in [0.05, 0.1) is 11.3 Å². The van der Waals surface area contributed by atoms with Gasteiger partial charge in [-0.05, 0) is 12.8 Å². The number of nitrogens with zero attached hydrogens (tertiary/aromatic N) is 2. The van der Waals surface area contributed by atoms with Crippen molar-refractivity contribution < 1.29 is 22.3 Å². The van der Waals surface area contributed by atoms with E-state index >= 15 is 0 Å². The Labute approximate surface area is 76.3 Å². The molecule has 0 aromatic heterocycles. The molecule has 1 aliphatic rings. The molecule has 0 unspecified atom stereocenters. The van der Waals surface area contributed by atoms with E-state index in [2.05, 4.69) is 5.29 Å². The summed E-state index contributed by atoms with van der Waals surface area (Å²) >= 11 is 0. The first-order valence-corrected chi connectivity index (χ1v) is 3.66. The van der Waals surface area contributed by atoms with E-state index in [1.165, 1.54) is 6.42 Å². The van der Waals surface area contributed by atoms with Crippen LogP contribution in [0.4, 0.5) is 0 Å². The predicted molar refractivity (Wildman–Crippen MR) is 36.3 cm³/mol. The molecule has 4 nitrogen and oxygen atoms in total. The van der Waals surface area contributed by atoms with Gasteiger partial charge in [0.15, 0.2) is 0 Å². The molecule has 1 aliphatic carbocycles. The Morgan fingerprint density at radius 3 is 2.27 bits per heavy atom. The van der Waals surface area contributed by atoms with Crippen molar-refractivity contribution in [1.82, 2.24) is 5.17 Å². The molecule has 0 saturated heterocycles. The van der Waals surface area contributed by atoms with Crippen LogP contribution in [-0.4, -0.2) is 16.4 Å². The maximum atomic E-state index is 9.83. The van der Waals surface area contributed by atoms with E-state index < -0.39 is 0 Å². The molecular weight excluding hydrogens is 196 g/mol. The van der Waals surface area contributed by atoms with Crippen LogP contribution < -0.4 is 0 Å². The van der Waals surface area contributed by atoms with Crippen LogP contribution in [0.25, 0.3) is 0 Å². The van der Waals surface area contributed by atoms with E-state index in [1.807, 2.05) is 0 Å². The van der Waals surface area contributed by atoms with Crippen LogP contribution in [0, 0.1) is 4.91 Å². The van der Waals surface area contributed by atoms with Crippen LogP contribution in [0.15, 0.2) is 5.29 Å². The van der Waals surface area contributed by atoms with Crippen molar-refractivity contribution in [2.75, 3.05) is 0 Å². The molecule has 0 amide bonds. The summed E-state index contributed by atoms with van der Waals surface area (Å²) in [5.41, 5.74) is 0. The van der Waals surface area contributed by atoms with Crippen molar-refractivity contribution >= 4 is 0 Å². The molecule has 1 saturated carbocycles. The van der Waals surface area contributed by atoms with Crippen LogP contribution in [0.1, 0.15) is 32.1 Å². The van der Waals surface area contributed by atoms with Crippen LogP contribution in [-0.2, 0) is 17.1 Å². The fraction of sp³-hybridized carbons (Fsp3) is 1.00. The number of rotatable bonds is 2. The first kappa shape index (κ1) is 10.9. The molecule has 1 fully saturated rings. The molecular formula is C6H12CuN2O2. The summed E-state index contributed by atoms with van der Waals surface area (Å²) in [6.45, 7) is 0. The number of nitroso groups, excluding NO2 is 1. The average molecular weight is 208 g/mol. The van der Waals surface area contributed by atoms with E-state index in [0.717, 1.165) is 25.7 Å². The topological polar surface area (TPSA) is 52.9 Å². The van der Waals surface area contributed by atoms with Gasteiger partial charge in [-0.1, -0.05) is 19.3 Å². The van der Waals surface area contributed by atoms with E-state index in [0.29, 0.717) is 5.17 Å². The van der Waals surface area contributed by atoms with Crippen LogP contribution in [0.2, 0.25) is 0 Å². The minimum Gasteiger partial charge on any atom is -0.269 e. The van der Waals surface area contributed by atoms with Crippen molar-refractivity contribution in [1.29, 1.82) is 0 Å². The fourth-order valence-electron chi connectivity index (χ4n) is 1.38. The molecule has 0 aliphatic heterocycles. The summed E-state index contributed by atoms with van der Waals surface area (Å²) in [7, 11) is 0. The van der Waals surface area contributed by atoms with E-state index in [9.17, 15) is 4.91 Å². The van der Waals surface area contributed by atoms with Gasteiger partial charge in [-0.25, -0.2) is 0 Å². The quantitative estimate of drug-likeness (QED) is 0.426. The molecule has 1 rings (SSSR count). The zero-order valence-corrected chi connectivity index (χ0v) is 7.11. The molecule has 0 aromatic carbocycles. The maximum absolute atomic E-state index is 9.83. The van der Waals surface area contributed by atoms with Gasteiger partial charge in [0, 0.05) is 17.1 Å². The Hall–Kier alpha value is -0.121. The zero-order valence-electron chi connectivity index (χ0n) is 6.16. The summed E-state index contributed by atoms with van der Waals surface area (Å²) in [6, 6.07) is -0.0220. The summed E-state index contributed by atoms with van der Waals surface area (Å²) in [5.74, 6) is 0. The van der Waals surface area contributed by atoms with Gasteiger partial charge in [-0.15, -0.1) is 10.1 Å². The number of hydrogen-bond acceptors (Lipinski definition) is 3. The zero-order chi connectivity index (χ0) is 7.40. The molecule has 0 spiro atoms. The molecule has 0 bridgehead atoms. The fourth-order valence-corrected chi connectivity index (χ4v) is 1.38. The second-order valence-corrected chi connectivity index (χ2v) is 2.69. The third kappa shape index (κ3) is 3.18. The predicted octanol–water partition coefficient (Wildman–Crippen LogP) is 1.69. The van der Waals surface area contributed by atoms with Gasteiger partial charge in [0.25, 0.3) is 0 Å². The van der Waals surface area contributed by atoms with E-state index in [-0.39, 0.29) is 23.1 Å². The summed E-state index contributed by atoms with van der Waals surface area (Å²) in [6.07, 6.45) is 5.18. The Balaban J connectivity index is 0.000001000. The Morgan fingerprint density at radius 2 is 1.82 bits per heavy atom. The van der Waals surface area contributed by atoms with Gasteiger partial charge in [0.1, 0.15) is 0 Å². The standard InChI is InChI=1S/C6H12N2O2.Cu/c9-7-8(10)6-4-2-1-3-5-6;/h6,10H,1-5H2;. The number of hydroxylamine groups is 1. The molecule has 11 heavy (non-hydrogen) atoms. The third-order valence-electron chi connectivity index (χ3n) is 1.98. The SMILES string of the molecule is O=NN(O)C1CCCCC1.[Cu]. The molecule has 0 aromatic rings. The minimum atomic E-state index is -0.0220. The van der Waals surface area contributed by atoms with Crippen molar-refractivity contribution in [2.45, 2.75) is 38.1 Å². The molecule has 1 radical (unpaired) electrons. The molecule has 5 heteroatoms. The minimum absolute atomic E-state index is 0. The second-order valence-electron chi connectivity index (χ2n) is 2.69. The third-order valence-corrected chi connectivity index (χ3v) is 1.98. The monoisotopic (exact) mass is 207 g/mol. The van der Waals surface area contributed by atoms with E-state index in [4.69, 9.17) is 5.21 Å². The summed E-state index contributed by atoms with van der Waals surface area (Å²) < 4.78 is 0. The first-order chi connectivity index (χ1) is 4.84. The maximum Gasteiger partial charge on any atom is 0.0790 e. The first-order valence-electron chi connectivity index (χ1n) is 3.66. The summed E-state index contributed by atoms with van der Waals surface area (Å²) in [5, 5.41) is 11.8. The van der Waals surface area contributed by atoms with Crippen LogP contribution >= 0.6 is 0 Å². The van der Waals surface area contributed by atoms with Gasteiger partial charge < -0.3 is 0 Å². The van der Waals surface area contributed by atoms with Crippen LogP contribution in [0.5, 0.6) is 0 Å². The molecule has 1 N–H and O–H groups in total. The van der Waals surface area contributed by atoms with Crippen molar-refractivity contribution in [3.8, 4) is 0 Å². The van der Waals surface area contributed by atoms with Gasteiger partial charge in [-0.3, -0.25) is 5.21 Å². The Kier molecular flexibility index (Phi) is 5.46. The average Bonchev–Trinajstić information content (AvgIpc) is 2.05. The normalized spacial score (nSPS) is 18.6. The van der Waals surface area contributed by atoms with Gasteiger partial charge in [-0.2, -0.15) is 0 Å². The molecule has 0 heterocycles. The van der Waals surface area contributed by atoms with Crippen LogP contribution in [0.3, 0.4) is 0 Å². The second kappa shape index (κ2) is 5.52. The largest absolute Gasteiger partial charge is 0.269 e. The van der Waals surface area contributed by atoms with Gasteiger partial charge >= 0.3 is 0 Å². The smallest absolute Gasteiger partial charge is 0.0790 e. The molecule has 69 valence electrons. The molecule has 0 atom stereocenters.